The van der Waals surface area contributed by atoms with E-state index >= 15 is 0 Å². The fourth-order valence-electron chi connectivity index (χ4n) is 2.05. The molecule has 0 aliphatic rings. The lowest BCUT2D eigenvalue weighted by Gasteiger charge is -2.05. The van der Waals surface area contributed by atoms with E-state index in [1.54, 1.807) is 6.07 Å². The van der Waals surface area contributed by atoms with E-state index in [1.165, 1.54) is 29.5 Å². The molecular formula is C11H10ClN5O3. The highest BCUT2D eigenvalue weighted by Crippen LogP contribution is 2.16. The zero-order valence-corrected chi connectivity index (χ0v) is 11.5. The lowest BCUT2D eigenvalue weighted by molar-refractivity contribution is 0.410. The maximum absolute atomic E-state index is 12.3. The second kappa shape index (κ2) is 4.34. The first-order valence-corrected chi connectivity index (χ1v) is 6.09. The van der Waals surface area contributed by atoms with Crippen LogP contribution in [0, 0.1) is 0 Å². The highest BCUT2D eigenvalue weighted by molar-refractivity contribution is 6.29. The van der Waals surface area contributed by atoms with E-state index < -0.39 is 11.2 Å². The van der Waals surface area contributed by atoms with Gasteiger partial charge in [0.05, 0.1) is 6.54 Å². The van der Waals surface area contributed by atoms with Gasteiger partial charge in [-0.3, -0.25) is 13.9 Å². The Morgan fingerprint density at radius 1 is 1.30 bits per heavy atom. The normalized spacial score (nSPS) is 11.3. The van der Waals surface area contributed by atoms with Crippen LogP contribution >= 0.6 is 11.6 Å². The highest BCUT2D eigenvalue weighted by Gasteiger charge is 2.18. The van der Waals surface area contributed by atoms with Gasteiger partial charge in [-0.05, 0) is 11.6 Å². The number of hydrogen-bond donors (Lipinski definition) is 0. The van der Waals surface area contributed by atoms with Gasteiger partial charge in [-0.2, -0.15) is 4.98 Å². The summed E-state index contributed by atoms with van der Waals surface area (Å²) >= 11 is 6.06. The van der Waals surface area contributed by atoms with Gasteiger partial charge in [0.15, 0.2) is 11.2 Å². The smallest absolute Gasteiger partial charge is 0.332 e. The standard InChI is InChI=1S/C11H10ClN5O3/c1-15-8-7(9(18)16(2)11(15)19)17(10(12)13-8)5-6-3-4-20-14-6/h3-4H,5H2,1-2H3. The van der Waals surface area contributed by atoms with Gasteiger partial charge in [0.25, 0.3) is 5.56 Å². The van der Waals surface area contributed by atoms with Crippen LogP contribution < -0.4 is 11.2 Å². The van der Waals surface area contributed by atoms with Crippen LogP contribution in [0.3, 0.4) is 0 Å². The van der Waals surface area contributed by atoms with Gasteiger partial charge >= 0.3 is 5.69 Å². The predicted molar refractivity (Wildman–Crippen MR) is 70.8 cm³/mol. The van der Waals surface area contributed by atoms with Crippen LogP contribution in [0.5, 0.6) is 0 Å². The summed E-state index contributed by atoms with van der Waals surface area (Å²) in [7, 11) is 2.94. The molecular weight excluding hydrogens is 286 g/mol. The molecule has 0 amide bonds. The highest BCUT2D eigenvalue weighted by atomic mass is 35.5. The predicted octanol–water partition coefficient (Wildman–Crippen LogP) is 0.123. The van der Waals surface area contributed by atoms with E-state index in [-0.39, 0.29) is 23.0 Å². The molecule has 8 nitrogen and oxygen atoms in total. The van der Waals surface area contributed by atoms with Gasteiger partial charge < -0.3 is 9.09 Å². The summed E-state index contributed by atoms with van der Waals surface area (Å²) < 4.78 is 8.54. The Hall–Kier alpha value is -2.35. The van der Waals surface area contributed by atoms with Crippen LogP contribution in [0.1, 0.15) is 5.69 Å². The van der Waals surface area contributed by atoms with Crippen LogP contribution in [0.15, 0.2) is 26.4 Å². The van der Waals surface area contributed by atoms with Crippen molar-refractivity contribution >= 4 is 22.8 Å². The molecule has 0 fully saturated rings. The molecule has 0 unspecified atom stereocenters. The van der Waals surface area contributed by atoms with Gasteiger partial charge in [-0.25, -0.2) is 4.79 Å². The molecule has 0 saturated heterocycles. The first-order chi connectivity index (χ1) is 9.50. The first kappa shape index (κ1) is 12.7. The molecule has 0 spiro atoms. The number of fused-ring (bicyclic) bond motifs is 1. The molecule has 0 saturated carbocycles. The number of rotatable bonds is 2. The van der Waals surface area contributed by atoms with E-state index in [2.05, 4.69) is 10.1 Å². The Morgan fingerprint density at radius 2 is 2.05 bits per heavy atom. The minimum Gasteiger partial charge on any atom is -0.364 e. The number of halogens is 1. The van der Waals surface area contributed by atoms with Crippen molar-refractivity contribution in [2.75, 3.05) is 0 Å². The Balaban J connectivity index is 2.36. The lowest BCUT2D eigenvalue weighted by Crippen LogP contribution is -2.37. The molecule has 3 heterocycles. The average molecular weight is 296 g/mol. The Morgan fingerprint density at radius 3 is 2.70 bits per heavy atom. The zero-order valence-electron chi connectivity index (χ0n) is 10.7. The van der Waals surface area contributed by atoms with E-state index in [1.807, 2.05) is 0 Å². The van der Waals surface area contributed by atoms with Crippen molar-refractivity contribution in [1.29, 1.82) is 0 Å². The van der Waals surface area contributed by atoms with Gasteiger partial charge in [0.1, 0.15) is 12.0 Å². The fourth-order valence-corrected chi connectivity index (χ4v) is 2.27. The van der Waals surface area contributed by atoms with Gasteiger partial charge in [-0.1, -0.05) is 5.16 Å². The van der Waals surface area contributed by atoms with Crippen LogP contribution in [-0.4, -0.2) is 23.8 Å². The maximum Gasteiger partial charge on any atom is 0.332 e. The quantitative estimate of drug-likeness (QED) is 0.627. The van der Waals surface area contributed by atoms with Gasteiger partial charge in [0.2, 0.25) is 5.28 Å². The Kier molecular flexibility index (Phi) is 2.75. The third-order valence-electron chi connectivity index (χ3n) is 3.11. The Bertz CT molecular complexity index is 903. The first-order valence-electron chi connectivity index (χ1n) is 5.71. The number of aryl methyl sites for hydroxylation is 1. The van der Waals surface area contributed by atoms with E-state index in [4.69, 9.17) is 16.1 Å². The van der Waals surface area contributed by atoms with E-state index in [0.29, 0.717) is 5.69 Å². The molecule has 0 aliphatic carbocycles. The topological polar surface area (TPSA) is 87.8 Å². The van der Waals surface area contributed by atoms with Crippen molar-refractivity contribution in [3.8, 4) is 0 Å². The molecule has 104 valence electrons. The molecule has 0 N–H and O–H groups in total. The molecule has 3 aromatic heterocycles. The number of aromatic nitrogens is 5. The van der Waals surface area contributed by atoms with Crippen molar-refractivity contribution in [1.82, 2.24) is 23.8 Å². The summed E-state index contributed by atoms with van der Waals surface area (Å²) in [4.78, 5) is 28.2. The molecule has 0 aliphatic heterocycles. The van der Waals surface area contributed by atoms with Crippen molar-refractivity contribution < 1.29 is 4.52 Å². The second-order valence-electron chi connectivity index (χ2n) is 4.34. The Labute approximate surface area is 116 Å². The average Bonchev–Trinajstić information content (AvgIpc) is 3.04. The molecule has 0 atom stereocenters. The molecule has 3 aromatic rings. The summed E-state index contributed by atoms with van der Waals surface area (Å²) in [5.41, 5.74) is 0.188. The summed E-state index contributed by atoms with van der Waals surface area (Å²) in [6.07, 6.45) is 1.43. The monoisotopic (exact) mass is 295 g/mol. The zero-order chi connectivity index (χ0) is 14.4. The van der Waals surface area contributed by atoms with Gasteiger partial charge in [-0.15, -0.1) is 0 Å². The van der Waals surface area contributed by atoms with Crippen LogP contribution in [0.4, 0.5) is 0 Å². The lowest BCUT2D eigenvalue weighted by atomic mass is 10.4. The minimum absolute atomic E-state index is 0.112. The van der Waals surface area contributed by atoms with Crippen molar-refractivity contribution in [2.45, 2.75) is 6.54 Å². The van der Waals surface area contributed by atoms with Crippen molar-refractivity contribution in [2.24, 2.45) is 14.1 Å². The van der Waals surface area contributed by atoms with Crippen molar-refractivity contribution in [3.63, 3.8) is 0 Å². The SMILES string of the molecule is Cn1c(=O)c2c(nc(Cl)n2Cc2ccon2)n(C)c1=O. The van der Waals surface area contributed by atoms with Crippen LogP contribution in [0.25, 0.3) is 11.2 Å². The van der Waals surface area contributed by atoms with Gasteiger partial charge in [0, 0.05) is 20.2 Å². The van der Waals surface area contributed by atoms with E-state index in [0.717, 1.165) is 4.57 Å². The largest absolute Gasteiger partial charge is 0.364 e. The maximum atomic E-state index is 12.3. The molecule has 0 bridgehead atoms. The molecule has 9 heteroatoms. The second-order valence-corrected chi connectivity index (χ2v) is 4.67. The third-order valence-corrected chi connectivity index (χ3v) is 3.40. The number of nitrogens with zero attached hydrogens (tertiary/aromatic N) is 5. The molecule has 3 rings (SSSR count). The minimum atomic E-state index is -0.453. The third kappa shape index (κ3) is 1.68. The molecule has 0 radical (unpaired) electrons. The summed E-state index contributed by atoms with van der Waals surface area (Å²) in [5.74, 6) is 0. The van der Waals surface area contributed by atoms with Crippen LogP contribution in [-0.2, 0) is 20.6 Å². The summed E-state index contributed by atoms with van der Waals surface area (Å²) in [6.45, 7) is 0.235. The summed E-state index contributed by atoms with van der Waals surface area (Å²) in [5, 5.41) is 3.88. The molecule has 0 aromatic carbocycles. The van der Waals surface area contributed by atoms with E-state index in [9.17, 15) is 9.59 Å². The summed E-state index contributed by atoms with van der Waals surface area (Å²) in [6, 6.07) is 1.66. The fraction of sp³-hybridized carbons (Fsp3) is 0.273. The van der Waals surface area contributed by atoms with Crippen LogP contribution in [0.2, 0.25) is 5.28 Å². The number of imidazole rings is 1. The van der Waals surface area contributed by atoms with Crippen molar-refractivity contribution in [3.05, 3.63) is 44.1 Å². The number of hydrogen-bond acceptors (Lipinski definition) is 5. The molecule has 20 heavy (non-hydrogen) atoms.